The lowest BCUT2D eigenvalue weighted by molar-refractivity contribution is -0.148. The van der Waals surface area contributed by atoms with Crippen LogP contribution in [0.1, 0.15) is 29.6 Å². The molecular formula is C15H18N2O3. The number of nitrogens with zero attached hydrogens (tertiary/aromatic N) is 1. The van der Waals surface area contributed by atoms with Crippen LogP contribution >= 0.6 is 0 Å². The van der Waals surface area contributed by atoms with Gasteiger partial charge in [-0.15, -0.1) is 0 Å². The first-order chi connectivity index (χ1) is 9.70. The van der Waals surface area contributed by atoms with Crippen LogP contribution in [0.3, 0.4) is 0 Å². The number of methoxy groups -OCH3 is 1. The molecule has 5 heteroatoms. The monoisotopic (exact) mass is 274 g/mol. The molecular weight excluding hydrogens is 256 g/mol. The Hall–Kier alpha value is -1.91. The highest BCUT2D eigenvalue weighted by Gasteiger charge is 2.52. The van der Waals surface area contributed by atoms with Crippen LogP contribution in [0.2, 0.25) is 0 Å². The standard InChI is InChI=1S/C15H18N2O3/c1-20-15(19)12-10-2-3-11(8-10)13(12)17-14(18)9-4-6-16-7-5-9/h4-7,10-13H,2-3,8H2,1H3,(H,17,18)/t10-,11-,12-,13-/m0/s1. The van der Waals surface area contributed by atoms with Crippen LogP contribution in [0.15, 0.2) is 24.5 Å². The molecule has 2 saturated carbocycles. The fourth-order valence-corrected chi connectivity index (χ4v) is 3.71. The molecule has 0 aromatic carbocycles. The molecule has 2 fully saturated rings. The molecule has 5 nitrogen and oxygen atoms in total. The maximum atomic E-state index is 12.2. The van der Waals surface area contributed by atoms with Gasteiger partial charge in [-0.1, -0.05) is 0 Å². The normalized spacial score (nSPS) is 31.1. The van der Waals surface area contributed by atoms with E-state index in [9.17, 15) is 9.59 Å². The zero-order chi connectivity index (χ0) is 14.1. The number of fused-ring (bicyclic) bond motifs is 2. The summed E-state index contributed by atoms with van der Waals surface area (Å²) < 4.78 is 4.90. The number of carbonyl (C=O) groups excluding carboxylic acids is 2. The van der Waals surface area contributed by atoms with E-state index in [0.717, 1.165) is 19.3 Å². The summed E-state index contributed by atoms with van der Waals surface area (Å²) >= 11 is 0. The molecule has 1 aromatic rings. The number of hydrogen-bond acceptors (Lipinski definition) is 4. The second-order valence-electron chi connectivity index (χ2n) is 5.62. The van der Waals surface area contributed by atoms with Crippen molar-refractivity contribution in [3.63, 3.8) is 0 Å². The van der Waals surface area contributed by atoms with E-state index in [1.54, 1.807) is 24.5 Å². The molecule has 0 unspecified atom stereocenters. The van der Waals surface area contributed by atoms with E-state index >= 15 is 0 Å². The minimum absolute atomic E-state index is 0.0955. The van der Waals surface area contributed by atoms with Crippen molar-refractivity contribution in [1.82, 2.24) is 10.3 Å². The van der Waals surface area contributed by atoms with Gasteiger partial charge in [0.25, 0.3) is 5.91 Å². The first kappa shape index (κ1) is 13.1. The van der Waals surface area contributed by atoms with E-state index in [1.807, 2.05) is 0 Å². The van der Waals surface area contributed by atoms with Gasteiger partial charge in [0.1, 0.15) is 0 Å². The van der Waals surface area contributed by atoms with Gasteiger partial charge in [0.2, 0.25) is 0 Å². The van der Waals surface area contributed by atoms with Crippen LogP contribution in [-0.4, -0.2) is 30.0 Å². The second kappa shape index (κ2) is 5.23. The fourth-order valence-electron chi connectivity index (χ4n) is 3.71. The Morgan fingerprint density at radius 1 is 1.25 bits per heavy atom. The Balaban J connectivity index is 1.75. The lowest BCUT2D eigenvalue weighted by atomic mass is 9.84. The average Bonchev–Trinajstić information content (AvgIpc) is 3.08. The van der Waals surface area contributed by atoms with Crippen molar-refractivity contribution in [2.24, 2.45) is 17.8 Å². The third-order valence-corrected chi connectivity index (χ3v) is 4.63. The van der Waals surface area contributed by atoms with Crippen molar-refractivity contribution in [3.05, 3.63) is 30.1 Å². The van der Waals surface area contributed by atoms with Crippen LogP contribution in [0, 0.1) is 17.8 Å². The molecule has 2 bridgehead atoms. The molecule has 2 aliphatic carbocycles. The minimum Gasteiger partial charge on any atom is -0.469 e. The third kappa shape index (κ3) is 2.17. The Labute approximate surface area is 117 Å². The summed E-state index contributed by atoms with van der Waals surface area (Å²) in [6, 6.07) is 3.26. The van der Waals surface area contributed by atoms with Gasteiger partial charge in [0.15, 0.2) is 0 Å². The molecule has 1 amide bonds. The number of nitrogens with one attached hydrogen (secondary N) is 1. The van der Waals surface area contributed by atoms with E-state index in [-0.39, 0.29) is 23.8 Å². The predicted molar refractivity (Wildman–Crippen MR) is 71.8 cm³/mol. The summed E-state index contributed by atoms with van der Waals surface area (Å²) in [6.45, 7) is 0. The molecule has 1 heterocycles. The van der Waals surface area contributed by atoms with Gasteiger partial charge < -0.3 is 10.1 Å². The van der Waals surface area contributed by atoms with Gasteiger partial charge >= 0.3 is 5.97 Å². The van der Waals surface area contributed by atoms with Crippen LogP contribution in [-0.2, 0) is 9.53 Å². The lowest BCUT2D eigenvalue weighted by Gasteiger charge is -2.29. The quantitative estimate of drug-likeness (QED) is 0.846. The zero-order valence-corrected chi connectivity index (χ0v) is 11.4. The van der Waals surface area contributed by atoms with Gasteiger partial charge in [0, 0.05) is 24.0 Å². The second-order valence-corrected chi connectivity index (χ2v) is 5.62. The highest BCUT2D eigenvalue weighted by Crippen LogP contribution is 2.48. The van der Waals surface area contributed by atoms with Crippen molar-refractivity contribution in [1.29, 1.82) is 0 Å². The van der Waals surface area contributed by atoms with Gasteiger partial charge in [-0.2, -0.15) is 0 Å². The molecule has 0 aliphatic heterocycles. The molecule has 0 saturated heterocycles. The minimum atomic E-state index is -0.197. The first-order valence-electron chi connectivity index (χ1n) is 6.99. The molecule has 1 N–H and O–H groups in total. The number of rotatable bonds is 3. The largest absolute Gasteiger partial charge is 0.469 e. The van der Waals surface area contributed by atoms with E-state index in [1.165, 1.54) is 7.11 Å². The number of esters is 1. The smallest absolute Gasteiger partial charge is 0.311 e. The molecule has 20 heavy (non-hydrogen) atoms. The number of aromatic nitrogens is 1. The molecule has 0 spiro atoms. The first-order valence-corrected chi connectivity index (χ1v) is 6.99. The van der Waals surface area contributed by atoms with Gasteiger partial charge in [-0.3, -0.25) is 14.6 Å². The maximum absolute atomic E-state index is 12.2. The highest BCUT2D eigenvalue weighted by molar-refractivity contribution is 5.94. The summed E-state index contributed by atoms with van der Waals surface area (Å²) in [5, 5.41) is 3.02. The lowest BCUT2D eigenvalue weighted by Crippen LogP contribution is -2.47. The van der Waals surface area contributed by atoms with Crippen LogP contribution in [0.25, 0.3) is 0 Å². The Morgan fingerprint density at radius 2 is 1.95 bits per heavy atom. The molecule has 3 rings (SSSR count). The Kier molecular flexibility index (Phi) is 3.42. The van der Waals surface area contributed by atoms with Crippen molar-refractivity contribution in [2.75, 3.05) is 7.11 Å². The van der Waals surface area contributed by atoms with Crippen LogP contribution in [0.5, 0.6) is 0 Å². The van der Waals surface area contributed by atoms with E-state index in [4.69, 9.17) is 4.74 Å². The molecule has 2 aliphatic rings. The zero-order valence-electron chi connectivity index (χ0n) is 11.4. The summed E-state index contributed by atoms with van der Waals surface area (Å²) in [5.74, 6) is 0.227. The number of carbonyl (C=O) groups is 2. The molecule has 4 atom stereocenters. The van der Waals surface area contributed by atoms with Crippen molar-refractivity contribution in [3.8, 4) is 0 Å². The average molecular weight is 274 g/mol. The third-order valence-electron chi connectivity index (χ3n) is 4.63. The van der Waals surface area contributed by atoms with Gasteiger partial charge in [0.05, 0.1) is 13.0 Å². The fraction of sp³-hybridized carbons (Fsp3) is 0.533. The predicted octanol–water partition coefficient (Wildman–Crippen LogP) is 1.40. The van der Waals surface area contributed by atoms with Crippen molar-refractivity contribution < 1.29 is 14.3 Å². The van der Waals surface area contributed by atoms with E-state index in [2.05, 4.69) is 10.3 Å². The summed E-state index contributed by atoms with van der Waals surface area (Å²) in [4.78, 5) is 28.1. The van der Waals surface area contributed by atoms with Gasteiger partial charge in [-0.25, -0.2) is 0 Å². The SMILES string of the molecule is COC(=O)[C@H]1[C@H]2CC[C@@H](C2)[C@@H]1NC(=O)c1ccncc1. The van der Waals surface area contributed by atoms with Crippen LogP contribution in [0.4, 0.5) is 0 Å². The molecule has 0 radical (unpaired) electrons. The molecule has 1 aromatic heterocycles. The van der Waals surface area contributed by atoms with Crippen LogP contribution < -0.4 is 5.32 Å². The van der Waals surface area contributed by atoms with Gasteiger partial charge in [-0.05, 0) is 43.2 Å². The van der Waals surface area contributed by atoms with E-state index in [0.29, 0.717) is 17.4 Å². The Morgan fingerprint density at radius 3 is 2.65 bits per heavy atom. The molecule has 106 valence electrons. The van der Waals surface area contributed by atoms with Crippen molar-refractivity contribution in [2.45, 2.75) is 25.3 Å². The van der Waals surface area contributed by atoms with E-state index < -0.39 is 0 Å². The maximum Gasteiger partial charge on any atom is 0.311 e. The summed E-state index contributed by atoms with van der Waals surface area (Å²) in [6.07, 6.45) is 6.34. The number of hydrogen-bond donors (Lipinski definition) is 1. The Bertz CT molecular complexity index is 517. The number of ether oxygens (including phenoxy) is 1. The number of pyridine rings is 1. The summed E-state index contributed by atoms with van der Waals surface area (Å²) in [7, 11) is 1.41. The topological polar surface area (TPSA) is 68.3 Å². The summed E-state index contributed by atoms with van der Waals surface area (Å²) in [5.41, 5.74) is 0.575. The van der Waals surface area contributed by atoms with Crippen molar-refractivity contribution >= 4 is 11.9 Å². The highest BCUT2D eigenvalue weighted by atomic mass is 16.5. The number of amides is 1.